The molecule has 1 aromatic carbocycles. The normalized spacial score (nSPS) is 32.9. The fourth-order valence-electron chi connectivity index (χ4n) is 4.44. The standard InChI is InChI=1S/C17H21ClN2O/c18-14-6-1-2-7-15(14)20-9-8-16(17(20)21)19-10-12-4-3-5-13(12)11-19/h1-2,6-7,12-13,16H,3-5,8-11H2/t12-,13+,16?. The lowest BCUT2D eigenvalue weighted by atomic mass is 10.0. The minimum Gasteiger partial charge on any atom is -0.310 e. The van der Waals surface area contributed by atoms with Gasteiger partial charge in [0.05, 0.1) is 16.8 Å². The highest BCUT2D eigenvalue weighted by Crippen LogP contribution is 2.40. The van der Waals surface area contributed by atoms with E-state index in [2.05, 4.69) is 4.90 Å². The number of carbonyl (C=O) groups is 1. The van der Waals surface area contributed by atoms with Gasteiger partial charge in [-0.15, -0.1) is 0 Å². The van der Waals surface area contributed by atoms with Crippen LogP contribution in [0.2, 0.25) is 5.02 Å². The predicted molar refractivity (Wildman–Crippen MR) is 84.6 cm³/mol. The van der Waals surface area contributed by atoms with E-state index in [1.54, 1.807) is 0 Å². The average molecular weight is 305 g/mol. The van der Waals surface area contributed by atoms with Crippen LogP contribution < -0.4 is 4.90 Å². The number of carbonyl (C=O) groups excluding carboxylic acids is 1. The van der Waals surface area contributed by atoms with E-state index in [1.807, 2.05) is 29.2 Å². The molecule has 0 bridgehead atoms. The van der Waals surface area contributed by atoms with Crippen molar-refractivity contribution in [2.45, 2.75) is 31.7 Å². The summed E-state index contributed by atoms with van der Waals surface area (Å²) >= 11 is 6.25. The van der Waals surface area contributed by atoms with Gasteiger partial charge in [0.1, 0.15) is 0 Å². The molecule has 2 saturated heterocycles. The Balaban J connectivity index is 1.50. The summed E-state index contributed by atoms with van der Waals surface area (Å²) in [6.45, 7) is 3.04. The first kappa shape index (κ1) is 13.6. The largest absolute Gasteiger partial charge is 0.310 e. The molecule has 3 nitrogen and oxygen atoms in total. The highest BCUT2D eigenvalue weighted by Gasteiger charge is 2.44. The van der Waals surface area contributed by atoms with Gasteiger partial charge in [0.15, 0.2) is 0 Å². The van der Waals surface area contributed by atoms with Crippen molar-refractivity contribution >= 4 is 23.2 Å². The number of hydrogen-bond acceptors (Lipinski definition) is 2. The number of anilines is 1. The number of likely N-dealkylation sites (tertiary alicyclic amines) is 1. The molecule has 1 amide bonds. The summed E-state index contributed by atoms with van der Waals surface area (Å²) < 4.78 is 0. The lowest BCUT2D eigenvalue weighted by Crippen LogP contribution is -2.41. The number of para-hydroxylation sites is 1. The summed E-state index contributed by atoms with van der Waals surface area (Å²) in [5.74, 6) is 1.92. The Kier molecular flexibility index (Phi) is 3.43. The Morgan fingerprint density at radius 3 is 2.48 bits per heavy atom. The Bertz CT molecular complexity index is 549. The predicted octanol–water partition coefficient (Wildman–Crippen LogP) is 3.18. The minimum atomic E-state index is 0.0758. The Labute approximate surface area is 130 Å². The highest BCUT2D eigenvalue weighted by atomic mass is 35.5. The molecule has 0 spiro atoms. The molecule has 1 aliphatic carbocycles. The maximum absolute atomic E-state index is 12.8. The second-order valence-corrected chi connectivity index (χ2v) is 7.06. The van der Waals surface area contributed by atoms with E-state index in [4.69, 9.17) is 11.6 Å². The van der Waals surface area contributed by atoms with Gasteiger partial charge in [0, 0.05) is 19.6 Å². The van der Waals surface area contributed by atoms with Gasteiger partial charge in [-0.3, -0.25) is 9.69 Å². The van der Waals surface area contributed by atoms with Crippen molar-refractivity contribution in [1.82, 2.24) is 4.90 Å². The number of amides is 1. The van der Waals surface area contributed by atoms with Gasteiger partial charge in [-0.1, -0.05) is 30.2 Å². The Morgan fingerprint density at radius 1 is 1.05 bits per heavy atom. The van der Waals surface area contributed by atoms with Crippen LogP contribution in [0.4, 0.5) is 5.69 Å². The van der Waals surface area contributed by atoms with Gasteiger partial charge < -0.3 is 4.90 Å². The van der Waals surface area contributed by atoms with E-state index < -0.39 is 0 Å². The average Bonchev–Trinajstić information content (AvgIpc) is 3.13. The Morgan fingerprint density at radius 2 is 1.76 bits per heavy atom. The van der Waals surface area contributed by atoms with Crippen LogP contribution in [0, 0.1) is 11.8 Å². The molecule has 3 atom stereocenters. The summed E-state index contributed by atoms with van der Waals surface area (Å²) in [5, 5.41) is 0.671. The fourth-order valence-corrected chi connectivity index (χ4v) is 4.68. The van der Waals surface area contributed by atoms with E-state index >= 15 is 0 Å². The van der Waals surface area contributed by atoms with E-state index in [0.717, 1.165) is 43.6 Å². The topological polar surface area (TPSA) is 23.6 Å². The third-order valence-corrected chi connectivity index (χ3v) is 5.84. The molecule has 4 rings (SSSR count). The van der Waals surface area contributed by atoms with Crippen molar-refractivity contribution in [2.24, 2.45) is 11.8 Å². The van der Waals surface area contributed by atoms with Crippen molar-refractivity contribution in [3.63, 3.8) is 0 Å². The van der Waals surface area contributed by atoms with Crippen LogP contribution in [-0.4, -0.2) is 36.5 Å². The lowest BCUT2D eigenvalue weighted by Gasteiger charge is -2.24. The molecule has 4 heteroatoms. The van der Waals surface area contributed by atoms with Gasteiger partial charge in [-0.25, -0.2) is 0 Å². The first-order valence-electron chi connectivity index (χ1n) is 8.04. The number of rotatable bonds is 2. The van der Waals surface area contributed by atoms with Crippen molar-refractivity contribution in [1.29, 1.82) is 0 Å². The van der Waals surface area contributed by atoms with Crippen LogP contribution in [0.3, 0.4) is 0 Å². The molecule has 3 aliphatic rings. The zero-order valence-corrected chi connectivity index (χ0v) is 12.9. The highest BCUT2D eigenvalue weighted by molar-refractivity contribution is 6.33. The number of halogens is 1. The van der Waals surface area contributed by atoms with E-state index in [1.165, 1.54) is 19.3 Å². The molecule has 0 N–H and O–H groups in total. The number of nitrogens with zero attached hydrogens (tertiary/aromatic N) is 2. The molecule has 0 radical (unpaired) electrons. The second kappa shape index (κ2) is 5.29. The molecule has 112 valence electrons. The third kappa shape index (κ3) is 2.27. The molecule has 1 unspecified atom stereocenters. The fraction of sp³-hybridized carbons (Fsp3) is 0.588. The minimum absolute atomic E-state index is 0.0758. The first-order valence-corrected chi connectivity index (χ1v) is 8.42. The quantitative estimate of drug-likeness (QED) is 0.838. The molecule has 2 heterocycles. The zero-order valence-electron chi connectivity index (χ0n) is 12.2. The van der Waals surface area contributed by atoms with Crippen LogP contribution in [0.15, 0.2) is 24.3 Å². The molecule has 3 fully saturated rings. The molecule has 1 aromatic rings. The number of hydrogen-bond donors (Lipinski definition) is 0. The van der Waals surface area contributed by atoms with Crippen LogP contribution in [0.5, 0.6) is 0 Å². The van der Waals surface area contributed by atoms with Crippen LogP contribution in [0.25, 0.3) is 0 Å². The van der Waals surface area contributed by atoms with Crippen molar-refractivity contribution in [3.05, 3.63) is 29.3 Å². The molecule has 0 aromatic heterocycles. The van der Waals surface area contributed by atoms with E-state index in [-0.39, 0.29) is 11.9 Å². The number of benzene rings is 1. The summed E-state index contributed by atoms with van der Waals surface area (Å²) in [7, 11) is 0. The molecular formula is C17H21ClN2O. The number of fused-ring (bicyclic) bond motifs is 1. The monoisotopic (exact) mass is 304 g/mol. The van der Waals surface area contributed by atoms with Gasteiger partial charge in [0.2, 0.25) is 5.91 Å². The SMILES string of the molecule is O=C1C(N2C[C@H]3CCC[C@H]3C2)CCN1c1ccccc1Cl. The van der Waals surface area contributed by atoms with Crippen LogP contribution in [-0.2, 0) is 4.79 Å². The summed E-state index contributed by atoms with van der Waals surface area (Å²) in [4.78, 5) is 17.1. The molecule has 1 saturated carbocycles. The van der Waals surface area contributed by atoms with Gasteiger partial charge in [-0.05, 0) is 43.2 Å². The molecule has 21 heavy (non-hydrogen) atoms. The van der Waals surface area contributed by atoms with Crippen molar-refractivity contribution in [3.8, 4) is 0 Å². The lowest BCUT2D eigenvalue weighted by molar-refractivity contribution is -0.121. The molecular weight excluding hydrogens is 284 g/mol. The maximum atomic E-state index is 12.8. The van der Waals surface area contributed by atoms with E-state index in [0.29, 0.717) is 5.02 Å². The summed E-state index contributed by atoms with van der Waals surface area (Å²) in [6, 6.07) is 7.74. The van der Waals surface area contributed by atoms with Crippen molar-refractivity contribution < 1.29 is 4.79 Å². The Hall–Kier alpha value is -1.06. The van der Waals surface area contributed by atoms with Gasteiger partial charge >= 0.3 is 0 Å². The molecule has 2 aliphatic heterocycles. The zero-order chi connectivity index (χ0) is 14.4. The summed E-state index contributed by atoms with van der Waals surface area (Å²) in [6.07, 6.45) is 5.03. The van der Waals surface area contributed by atoms with Gasteiger partial charge in [-0.2, -0.15) is 0 Å². The smallest absolute Gasteiger partial charge is 0.244 e. The second-order valence-electron chi connectivity index (χ2n) is 6.65. The third-order valence-electron chi connectivity index (χ3n) is 5.52. The van der Waals surface area contributed by atoms with E-state index in [9.17, 15) is 4.79 Å². The maximum Gasteiger partial charge on any atom is 0.244 e. The van der Waals surface area contributed by atoms with Crippen LogP contribution >= 0.6 is 11.6 Å². The van der Waals surface area contributed by atoms with Crippen molar-refractivity contribution in [2.75, 3.05) is 24.5 Å². The summed E-state index contributed by atoms with van der Waals surface area (Å²) in [5.41, 5.74) is 0.867. The first-order chi connectivity index (χ1) is 10.2. The van der Waals surface area contributed by atoms with Gasteiger partial charge in [0.25, 0.3) is 0 Å². The van der Waals surface area contributed by atoms with Crippen LogP contribution in [0.1, 0.15) is 25.7 Å².